The number of likely N-dealkylation sites (tertiary alicyclic amines) is 1. The number of pyridine rings is 1. The Morgan fingerprint density at radius 1 is 1.14 bits per heavy atom. The Morgan fingerprint density at radius 2 is 1.81 bits per heavy atom. The van der Waals surface area contributed by atoms with Crippen molar-refractivity contribution in [3.05, 3.63) is 65.5 Å². The first-order chi connectivity index (χ1) is 10.1. The average Bonchev–Trinajstić information content (AvgIpc) is 2.95. The van der Waals surface area contributed by atoms with Gasteiger partial charge in [0.25, 0.3) is 5.91 Å². The predicted molar refractivity (Wildman–Crippen MR) is 73.6 cm³/mol. The van der Waals surface area contributed by atoms with Crippen LogP contribution in [0, 0.1) is 11.6 Å². The molecule has 0 bridgehead atoms. The third-order valence-corrected chi connectivity index (χ3v) is 3.71. The van der Waals surface area contributed by atoms with Gasteiger partial charge >= 0.3 is 0 Å². The van der Waals surface area contributed by atoms with E-state index in [1.807, 2.05) is 12.1 Å². The molecule has 1 aliphatic heterocycles. The Balaban J connectivity index is 1.90. The second kappa shape index (κ2) is 5.60. The van der Waals surface area contributed by atoms with E-state index in [9.17, 15) is 13.6 Å². The summed E-state index contributed by atoms with van der Waals surface area (Å²) in [6.45, 7) is 0.587. The van der Waals surface area contributed by atoms with E-state index < -0.39 is 11.6 Å². The molecule has 1 aliphatic rings. The van der Waals surface area contributed by atoms with Crippen molar-refractivity contribution in [1.29, 1.82) is 0 Å². The standard InChI is InChI=1S/C16H14F2N2O/c17-13-8-12(9-14(18)10-13)16(21)20-7-1-2-15(20)11-3-5-19-6-4-11/h3-6,8-10,15H,1-2,7H2/t15-/m1/s1. The number of carbonyl (C=O) groups is 1. The van der Waals surface area contributed by atoms with E-state index in [1.54, 1.807) is 17.3 Å². The lowest BCUT2D eigenvalue weighted by atomic mass is 10.1. The molecule has 0 aliphatic carbocycles. The van der Waals surface area contributed by atoms with Crippen molar-refractivity contribution in [1.82, 2.24) is 9.88 Å². The van der Waals surface area contributed by atoms with Gasteiger partial charge in [-0.05, 0) is 42.7 Å². The molecule has 1 fully saturated rings. The van der Waals surface area contributed by atoms with Gasteiger partial charge in [0.05, 0.1) is 6.04 Å². The summed E-state index contributed by atoms with van der Waals surface area (Å²) in [5.74, 6) is -1.82. The Kier molecular flexibility index (Phi) is 3.64. The maximum absolute atomic E-state index is 13.3. The second-order valence-corrected chi connectivity index (χ2v) is 5.10. The maximum atomic E-state index is 13.3. The maximum Gasteiger partial charge on any atom is 0.254 e. The molecule has 1 saturated heterocycles. The number of nitrogens with zero attached hydrogens (tertiary/aromatic N) is 2. The summed E-state index contributed by atoms with van der Waals surface area (Å²) in [6.07, 6.45) is 5.07. The van der Waals surface area contributed by atoms with Crippen LogP contribution < -0.4 is 0 Å². The lowest BCUT2D eigenvalue weighted by Crippen LogP contribution is -2.30. The van der Waals surface area contributed by atoms with E-state index in [0.717, 1.165) is 36.6 Å². The summed E-state index contributed by atoms with van der Waals surface area (Å²) < 4.78 is 26.6. The Hall–Kier alpha value is -2.30. The van der Waals surface area contributed by atoms with Gasteiger partial charge in [-0.2, -0.15) is 0 Å². The summed E-state index contributed by atoms with van der Waals surface area (Å²) in [6, 6.07) is 6.58. The Labute approximate surface area is 121 Å². The molecule has 1 aromatic heterocycles. The first kappa shape index (κ1) is 13.7. The van der Waals surface area contributed by atoms with Gasteiger partial charge in [-0.25, -0.2) is 8.78 Å². The van der Waals surface area contributed by atoms with Crippen molar-refractivity contribution in [2.45, 2.75) is 18.9 Å². The van der Waals surface area contributed by atoms with Gasteiger partial charge in [0.2, 0.25) is 0 Å². The van der Waals surface area contributed by atoms with Gasteiger partial charge in [0.15, 0.2) is 0 Å². The van der Waals surface area contributed by atoms with Crippen LogP contribution in [0.2, 0.25) is 0 Å². The van der Waals surface area contributed by atoms with E-state index in [-0.39, 0.29) is 17.5 Å². The van der Waals surface area contributed by atoms with Crippen molar-refractivity contribution < 1.29 is 13.6 Å². The summed E-state index contributed by atoms with van der Waals surface area (Å²) in [4.78, 5) is 18.1. The second-order valence-electron chi connectivity index (χ2n) is 5.10. The molecule has 1 aromatic carbocycles. The molecule has 0 N–H and O–H groups in total. The molecular weight excluding hydrogens is 274 g/mol. The smallest absolute Gasteiger partial charge is 0.254 e. The van der Waals surface area contributed by atoms with Crippen molar-refractivity contribution >= 4 is 5.91 Å². The molecular formula is C16H14F2N2O. The lowest BCUT2D eigenvalue weighted by molar-refractivity contribution is 0.0734. The van der Waals surface area contributed by atoms with Crippen molar-refractivity contribution in [3.8, 4) is 0 Å². The zero-order valence-corrected chi connectivity index (χ0v) is 11.3. The van der Waals surface area contributed by atoms with Crippen LogP contribution in [-0.4, -0.2) is 22.3 Å². The van der Waals surface area contributed by atoms with E-state index in [2.05, 4.69) is 4.98 Å². The molecule has 1 amide bonds. The van der Waals surface area contributed by atoms with Crippen LogP contribution in [0.3, 0.4) is 0 Å². The fourth-order valence-corrected chi connectivity index (χ4v) is 2.79. The molecule has 3 rings (SSSR count). The Bertz CT molecular complexity index is 640. The first-order valence-electron chi connectivity index (χ1n) is 6.82. The molecule has 5 heteroatoms. The highest BCUT2D eigenvalue weighted by Crippen LogP contribution is 2.32. The van der Waals surface area contributed by atoms with Gasteiger partial charge in [0, 0.05) is 30.6 Å². The molecule has 0 unspecified atom stereocenters. The van der Waals surface area contributed by atoms with Crippen LogP contribution >= 0.6 is 0 Å². The monoisotopic (exact) mass is 288 g/mol. The Morgan fingerprint density at radius 3 is 2.48 bits per heavy atom. The number of hydrogen-bond donors (Lipinski definition) is 0. The fourth-order valence-electron chi connectivity index (χ4n) is 2.79. The number of halogens is 2. The number of amides is 1. The molecule has 1 atom stereocenters. The van der Waals surface area contributed by atoms with Gasteiger partial charge in [-0.1, -0.05) is 0 Å². The van der Waals surface area contributed by atoms with Crippen molar-refractivity contribution in [2.75, 3.05) is 6.54 Å². The number of hydrogen-bond acceptors (Lipinski definition) is 2. The quantitative estimate of drug-likeness (QED) is 0.849. The molecule has 21 heavy (non-hydrogen) atoms. The van der Waals surface area contributed by atoms with Crippen LogP contribution in [-0.2, 0) is 0 Å². The molecule has 108 valence electrons. The van der Waals surface area contributed by atoms with Gasteiger partial charge in [0.1, 0.15) is 11.6 Å². The molecule has 2 heterocycles. The highest BCUT2D eigenvalue weighted by Gasteiger charge is 2.30. The van der Waals surface area contributed by atoms with Gasteiger partial charge in [-0.15, -0.1) is 0 Å². The van der Waals surface area contributed by atoms with Gasteiger partial charge in [-0.3, -0.25) is 9.78 Å². The topological polar surface area (TPSA) is 33.2 Å². The number of rotatable bonds is 2. The van der Waals surface area contributed by atoms with E-state index in [1.165, 1.54) is 0 Å². The third-order valence-electron chi connectivity index (χ3n) is 3.71. The zero-order valence-electron chi connectivity index (χ0n) is 11.3. The van der Waals surface area contributed by atoms with E-state index in [4.69, 9.17) is 0 Å². The molecule has 0 saturated carbocycles. The van der Waals surface area contributed by atoms with Crippen molar-refractivity contribution in [3.63, 3.8) is 0 Å². The largest absolute Gasteiger partial charge is 0.332 e. The first-order valence-corrected chi connectivity index (χ1v) is 6.82. The van der Waals surface area contributed by atoms with Crippen LogP contribution in [0.25, 0.3) is 0 Å². The molecule has 3 nitrogen and oxygen atoms in total. The van der Waals surface area contributed by atoms with Gasteiger partial charge < -0.3 is 4.90 Å². The lowest BCUT2D eigenvalue weighted by Gasteiger charge is -2.25. The molecule has 2 aromatic rings. The molecule has 0 radical (unpaired) electrons. The van der Waals surface area contributed by atoms with Crippen LogP contribution in [0.15, 0.2) is 42.7 Å². The highest BCUT2D eigenvalue weighted by atomic mass is 19.1. The van der Waals surface area contributed by atoms with E-state index in [0.29, 0.717) is 6.54 Å². The number of benzene rings is 1. The number of carbonyl (C=O) groups excluding carboxylic acids is 1. The summed E-state index contributed by atoms with van der Waals surface area (Å²) in [5.41, 5.74) is 1.04. The SMILES string of the molecule is O=C(c1cc(F)cc(F)c1)N1CCC[C@@H]1c1ccncc1. The van der Waals surface area contributed by atoms with Crippen LogP contribution in [0.1, 0.15) is 34.8 Å². The predicted octanol–water partition coefficient (Wildman–Crippen LogP) is 3.34. The minimum atomic E-state index is -0.738. The minimum Gasteiger partial charge on any atom is -0.332 e. The van der Waals surface area contributed by atoms with Crippen LogP contribution in [0.4, 0.5) is 8.78 Å². The fraction of sp³-hybridized carbons (Fsp3) is 0.250. The minimum absolute atomic E-state index is 0.0495. The van der Waals surface area contributed by atoms with E-state index >= 15 is 0 Å². The van der Waals surface area contributed by atoms with Crippen LogP contribution in [0.5, 0.6) is 0 Å². The zero-order chi connectivity index (χ0) is 14.8. The summed E-state index contributed by atoms with van der Waals surface area (Å²) in [5, 5.41) is 0. The normalized spacial score (nSPS) is 18.0. The highest BCUT2D eigenvalue weighted by molar-refractivity contribution is 5.94. The summed E-state index contributed by atoms with van der Waals surface area (Å²) >= 11 is 0. The third kappa shape index (κ3) is 2.77. The summed E-state index contributed by atoms with van der Waals surface area (Å²) in [7, 11) is 0. The molecule has 0 spiro atoms. The average molecular weight is 288 g/mol. The van der Waals surface area contributed by atoms with Crippen molar-refractivity contribution in [2.24, 2.45) is 0 Å². The number of aromatic nitrogens is 1.